The average Bonchev–Trinajstić information content (AvgIpc) is 2.82. The lowest BCUT2D eigenvalue weighted by molar-refractivity contribution is -0.143. The van der Waals surface area contributed by atoms with Crippen molar-refractivity contribution in [3.8, 4) is 0 Å². The van der Waals surface area contributed by atoms with Crippen molar-refractivity contribution in [2.75, 3.05) is 13.1 Å². The Kier molecular flexibility index (Phi) is 4.78. The first-order chi connectivity index (χ1) is 7.59. The van der Waals surface area contributed by atoms with E-state index in [-0.39, 0.29) is 11.3 Å². The topological polar surface area (TPSA) is 46.3 Å². The Morgan fingerprint density at radius 3 is 2.31 bits per heavy atom. The first-order valence-corrected chi connectivity index (χ1v) is 6.60. The van der Waals surface area contributed by atoms with Crippen molar-refractivity contribution in [2.24, 2.45) is 11.1 Å². The van der Waals surface area contributed by atoms with E-state index in [0.29, 0.717) is 12.6 Å². The summed E-state index contributed by atoms with van der Waals surface area (Å²) >= 11 is 0. The Hall–Kier alpha value is -0.570. The van der Waals surface area contributed by atoms with Crippen LogP contribution in [0.5, 0.6) is 0 Å². The van der Waals surface area contributed by atoms with E-state index in [1.807, 2.05) is 13.8 Å². The van der Waals surface area contributed by atoms with Gasteiger partial charge < -0.3 is 10.6 Å². The van der Waals surface area contributed by atoms with Gasteiger partial charge in [-0.2, -0.15) is 0 Å². The van der Waals surface area contributed by atoms with Crippen molar-refractivity contribution in [2.45, 2.75) is 58.9 Å². The van der Waals surface area contributed by atoms with E-state index >= 15 is 0 Å². The average molecular weight is 226 g/mol. The number of carbonyl (C=O) groups excluding carboxylic acids is 1. The van der Waals surface area contributed by atoms with Crippen LogP contribution in [0.15, 0.2) is 0 Å². The van der Waals surface area contributed by atoms with E-state index in [9.17, 15) is 4.79 Å². The molecule has 2 N–H and O–H groups in total. The molecule has 1 rings (SSSR count). The maximum Gasteiger partial charge on any atom is 0.230 e. The standard InChI is InChI=1S/C13H26N2O/c1-4-13(3,10-14)12(16)15(5-2)11-8-6-7-9-11/h11H,4-10,14H2,1-3H3. The van der Waals surface area contributed by atoms with Crippen LogP contribution in [0.2, 0.25) is 0 Å². The van der Waals surface area contributed by atoms with Crippen LogP contribution in [-0.2, 0) is 4.79 Å². The number of amides is 1. The minimum Gasteiger partial charge on any atom is -0.339 e. The molecule has 0 radical (unpaired) electrons. The monoisotopic (exact) mass is 226 g/mol. The molecule has 1 unspecified atom stereocenters. The number of hydrogen-bond acceptors (Lipinski definition) is 2. The molecule has 1 aliphatic rings. The van der Waals surface area contributed by atoms with Gasteiger partial charge in [-0.05, 0) is 33.1 Å². The Labute approximate surface area is 99.4 Å². The molecule has 0 bridgehead atoms. The molecule has 1 amide bonds. The van der Waals surface area contributed by atoms with Crippen LogP contribution in [0.4, 0.5) is 0 Å². The van der Waals surface area contributed by atoms with E-state index in [4.69, 9.17) is 5.73 Å². The Bertz CT molecular complexity index is 230. The Morgan fingerprint density at radius 1 is 1.38 bits per heavy atom. The summed E-state index contributed by atoms with van der Waals surface area (Å²) in [5.74, 6) is 0.256. The summed E-state index contributed by atoms with van der Waals surface area (Å²) in [6.07, 6.45) is 5.69. The zero-order chi connectivity index (χ0) is 12.2. The molecule has 1 aliphatic carbocycles. The highest BCUT2D eigenvalue weighted by atomic mass is 16.2. The largest absolute Gasteiger partial charge is 0.339 e. The van der Waals surface area contributed by atoms with Gasteiger partial charge in [-0.1, -0.05) is 19.8 Å². The predicted molar refractivity (Wildman–Crippen MR) is 67.1 cm³/mol. The molecule has 0 aromatic heterocycles. The Balaban J connectivity index is 2.75. The molecular weight excluding hydrogens is 200 g/mol. The zero-order valence-electron chi connectivity index (χ0n) is 11.0. The minimum atomic E-state index is -0.362. The number of carbonyl (C=O) groups is 1. The van der Waals surface area contributed by atoms with Gasteiger partial charge in [0.2, 0.25) is 5.91 Å². The van der Waals surface area contributed by atoms with E-state index in [0.717, 1.165) is 13.0 Å². The summed E-state index contributed by atoms with van der Waals surface area (Å²) in [7, 11) is 0. The van der Waals surface area contributed by atoms with Gasteiger partial charge in [0.05, 0.1) is 5.41 Å². The molecule has 0 aromatic carbocycles. The Morgan fingerprint density at radius 2 is 1.94 bits per heavy atom. The lowest BCUT2D eigenvalue weighted by atomic mass is 9.85. The van der Waals surface area contributed by atoms with Gasteiger partial charge in [-0.25, -0.2) is 0 Å². The van der Waals surface area contributed by atoms with Crippen LogP contribution in [-0.4, -0.2) is 29.9 Å². The van der Waals surface area contributed by atoms with E-state index < -0.39 is 0 Å². The van der Waals surface area contributed by atoms with Crippen molar-refractivity contribution in [3.63, 3.8) is 0 Å². The quantitative estimate of drug-likeness (QED) is 0.781. The highest BCUT2D eigenvalue weighted by Gasteiger charge is 2.36. The third-order valence-corrected chi connectivity index (χ3v) is 4.11. The normalized spacial score (nSPS) is 20.8. The maximum absolute atomic E-state index is 12.5. The fourth-order valence-electron chi connectivity index (χ4n) is 2.51. The summed E-state index contributed by atoms with van der Waals surface area (Å²) < 4.78 is 0. The molecule has 94 valence electrons. The van der Waals surface area contributed by atoms with Gasteiger partial charge in [-0.15, -0.1) is 0 Å². The van der Waals surface area contributed by atoms with Gasteiger partial charge in [0.1, 0.15) is 0 Å². The fraction of sp³-hybridized carbons (Fsp3) is 0.923. The van der Waals surface area contributed by atoms with Gasteiger partial charge in [0.15, 0.2) is 0 Å². The maximum atomic E-state index is 12.5. The van der Waals surface area contributed by atoms with Gasteiger partial charge in [0.25, 0.3) is 0 Å². The van der Waals surface area contributed by atoms with E-state index in [1.165, 1.54) is 25.7 Å². The lowest BCUT2D eigenvalue weighted by Gasteiger charge is -2.36. The summed E-state index contributed by atoms with van der Waals surface area (Å²) in [5, 5.41) is 0. The second-order valence-corrected chi connectivity index (χ2v) is 5.15. The fourth-order valence-corrected chi connectivity index (χ4v) is 2.51. The molecule has 1 atom stereocenters. The molecule has 0 heterocycles. The third-order valence-electron chi connectivity index (χ3n) is 4.11. The van der Waals surface area contributed by atoms with Crippen molar-refractivity contribution < 1.29 is 4.79 Å². The SMILES string of the molecule is CCN(C(=O)C(C)(CC)CN)C1CCCC1. The number of nitrogens with zero attached hydrogens (tertiary/aromatic N) is 1. The van der Waals surface area contributed by atoms with Gasteiger partial charge in [-0.3, -0.25) is 4.79 Å². The highest BCUT2D eigenvalue weighted by Crippen LogP contribution is 2.29. The van der Waals surface area contributed by atoms with Crippen LogP contribution >= 0.6 is 0 Å². The number of hydrogen-bond donors (Lipinski definition) is 1. The molecular formula is C13H26N2O. The summed E-state index contributed by atoms with van der Waals surface area (Å²) in [4.78, 5) is 14.6. The van der Waals surface area contributed by atoms with Crippen molar-refractivity contribution in [3.05, 3.63) is 0 Å². The van der Waals surface area contributed by atoms with Crippen LogP contribution in [0.1, 0.15) is 52.9 Å². The zero-order valence-corrected chi connectivity index (χ0v) is 11.0. The third kappa shape index (κ3) is 2.57. The second-order valence-electron chi connectivity index (χ2n) is 5.15. The molecule has 3 nitrogen and oxygen atoms in total. The van der Waals surface area contributed by atoms with Crippen molar-refractivity contribution in [1.29, 1.82) is 0 Å². The molecule has 1 saturated carbocycles. The summed E-state index contributed by atoms with van der Waals surface area (Å²) in [5.41, 5.74) is 5.40. The summed E-state index contributed by atoms with van der Waals surface area (Å²) in [6.45, 7) is 7.38. The van der Waals surface area contributed by atoms with Crippen molar-refractivity contribution >= 4 is 5.91 Å². The number of nitrogens with two attached hydrogens (primary N) is 1. The molecule has 0 spiro atoms. The van der Waals surface area contributed by atoms with Crippen LogP contribution in [0.3, 0.4) is 0 Å². The molecule has 0 saturated heterocycles. The van der Waals surface area contributed by atoms with Crippen LogP contribution in [0, 0.1) is 5.41 Å². The molecule has 0 aromatic rings. The van der Waals surface area contributed by atoms with Crippen LogP contribution in [0.25, 0.3) is 0 Å². The second kappa shape index (κ2) is 5.67. The predicted octanol–water partition coefficient (Wildman–Crippen LogP) is 2.15. The molecule has 16 heavy (non-hydrogen) atoms. The van der Waals surface area contributed by atoms with Crippen molar-refractivity contribution in [1.82, 2.24) is 4.90 Å². The van der Waals surface area contributed by atoms with Gasteiger partial charge in [0, 0.05) is 19.1 Å². The van der Waals surface area contributed by atoms with Crippen LogP contribution < -0.4 is 5.73 Å². The van der Waals surface area contributed by atoms with Gasteiger partial charge >= 0.3 is 0 Å². The van der Waals surface area contributed by atoms with E-state index in [2.05, 4.69) is 11.8 Å². The molecule has 0 aliphatic heterocycles. The first-order valence-electron chi connectivity index (χ1n) is 6.60. The highest BCUT2D eigenvalue weighted by molar-refractivity contribution is 5.82. The van der Waals surface area contributed by atoms with E-state index in [1.54, 1.807) is 0 Å². The first kappa shape index (κ1) is 13.5. The molecule has 1 fully saturated rings. The lowest BCUT2D eigenvalue weighted by Crippen LogP contribution is -2.49. The number of rotatable bonds is 5. The smallest absolute Gasteiger partial charge is 0.230 e. The minimum absolute atomic E-state index is 0.256. The summed E-state index contributed by atoms with van der Waals surface area (Å²) in [6, 6.07) is 0.468. The molecule has 3 heteroatoms.